The number of carbonyl (C=O) groups excluding carboxylic acids is 2. The van der Waals surface area contributed by atoms with Crippen molar-refractivity contribution < 1.29 is 14.3 Å². The van der Waals surface area contributed by atoms with E-state index in [2.05, 4.69) is 26.3 Å². The molecule has 1 aromatic carbocycles. The van der Waals surface area contributed by atoms with Gasteiger partial charge in [0.25, 0.3) is 0 Å². The van der Waals surface area contributed by atoms with Crippen LogP contribution < -0.4 is 10.6 Å². The fourth-order valence-electron chi connectivity index (χ4n) is 7.54. The van der Waals surface area contributed by atoms with Crippen LogP contribution in [0.25, 0.3) is 10.9 Å². The third-order valence-electron chi connectivity index (χ3n) is 9.20. The molecule has 7 rings (SSSR count). The summed E-state index contributed by atoms with van der Waals surface area (Å²) in [6.07, 6.45) is 10.6. The number of rotatable bonds is 8. The number of aromatic nitrogens is 2. The van der Waals surface area contributed by atoms with Gasteiger partial charge in [-0.2, -0.15) is 0 Å². The van der Waals surface area contributed by atoms with E-state index in [1.165, 1.54) is 32.1 Å². The van der Waals surface area contributed by atoms with Crippen molar-refractivity contribution in [1.29, 1.82) is 0 Å². The zero-order chi connectivity index (χ0) is 25.6. The van der Waals surface area contributed by atoms with E-state index in [-0.39, 0.29) is 12.0 Å². The van der Waals surface area contributed by atoms with Crippen LogP contribution in [0.2, 0.25) is 0 Å². The highest BCUT2D eigenvalue weighted by Crippen LogP contribution is 2.54. The molecule has 4 aliphatic rings. The molecule has 0 spiro atoms. The standard InChI is InChI=1S/C30H38N4O3/c1-30(17-23-18-32-26-8-4-3-7-25(23)26,28(35)31-10-9-24-6-5-11-34(24)2)33-29(36)37-27-21-13-19-12-20(15-21)16-22(27)14-19/h3-8,11,18-22,27,32H,9-10,12-17H2,1-2H3,(H,31,35)(H,33,36). The number of para-hydroxylation sites is 1. The number of ether oxygens (including phenoxy) is 1. The molecule has 4 saturated carbocycles. The number of H-pyrrole nitrogens is 1. The molecule has 3 aromatic rings. The first-order valence-electron chi connectivity index (χ1n) is 13.8. The Hall–Kier alpha value is -3.22. The molecule has 37 heavy (non-hydrogen) atoms. The molecule has 2 amide bonds. The molecule has 196 valence electrons. The molecule has 4 bridgehead atoms. The molecule has 1 unspecified atom stereocenters. The average Bonchev–Trinajstić information content (AvgIpc) is 3.46. The summed E-state index contributed by atoms with van der Waals surface area (Å²) in [5.41, 5.74) is 2.00. The number of nitrogens with zero attached hydrogens (tertiary/aromatic N) is 1. The molecular weight excluding hydrogens is 464 g/mol. The summed E-state index contributed by atoms with van der Waals surface area (Å²) in [4.78, 5) is 30.2. The van der Waals surface area contributed by atoms with Crippen molar-refractivity contribution in [2.45, 2.75) is 63.5 Å². The van der Waals surface area contributed by atoms with Gasteiger partial charge in [-0.05, 0) is 86.5 Å². The van der Waals surface area contributed by atoms with Crippen LogP contribution in [0.3, 0.4) is 0 Å². The molecule has 7 heteroatoms. The Morgan fingerprint density at radius 1 is 1.05 bits per heavy atom. The molecule has 4 fully saturated rings. The lowest BCUT2D eigenvalue weighted by atomic mass is 9.55. The van der Waals surface area contributed by atoms with Gasteiger partial charge in [0.2, 0.25) is 5.91 Å². The molecule has 0 aliphatic heterocycles. The number of benzene rings is 1. The number of hydrogen-bond donors (Lipinski definition) is 3. The van der Waals surface area contributed by atoms with Gasteiger partial charge < -0.3 is 24.9 Å². The zero-order valence-corrected chi connectivity index (χ0v) is 21.8. The molecule has 2 aromatic heterocycles. The first kappa shape index (κ1) is 24.1. The third kappa shape index (κ3) is 4.76. The SMILES string of the molecule is Cn1cccc1CCNC(=O)C(C)(Cc1c[nH]c2ccccc12)NC(=O)OC1C2CC3CC(C2)CC1C3. The normalized spacial score (nSPS) is 27.7. The molecule has 2 heterocycles. The first-order valence-corrected chi connectivity index (χ1v) is 13.8. The topological polar surface area (TPSA) is 88.2 Å². The maximum atomic E-state index is 13.6. The van der Waals surface area contributed by atoms with Gasteiger partial charge in [-0.1, -0.05) is 18.2 Å². The van der Waals surface area contributed by atoms with Crippen molar-refractivity contribution in [1.82, 2.24) is 20.2 Å². The molecule has 4 aliphatic carbocycles. The van der Waals surface area contributed by atoms with Crippen molar-refractivity contribution >= 4 is 22.9 Å². The summed E-state index contributed by atoms with van der Waals surface area (Å²) in [6.45, 7) is 2.30. The van der Waals surface area contributed by atoms with Gasteiger partial charge in [-0.15, -0.1) is 0 Å². The predicted octanol–water partition coefficient (Wildman–Crippen LogP) is 4.72. The highest BCUT2D eigenvalue weighted by Gasteiger charge is 2.50. The minimum atomic E-state index is -1.15. The van der Waals surface area contributed by atoms with Gasteiger partial charge in [0.1, 0.15) is 11.6 Å². The molecule has 0 radical (unpaired) electrons. The Bertz CT molecular complexity index is 1260. The number of fused-ring (bicyclic) bond motifs is 1. The van der Waals surface area contributed by atoms with Gasteiger partial charge >= 0.3 is 6.09 Å². The highest BCUT2D eigenvalue weighted by molar-refractivity contribution is 5.91. The Morgan fingerprint density at radius 2 is 1.78 bits per heavy atom. The lowest BCUT2D eigenvalue weighted by Gasteiger charge is -2.53. The zero-order valence-electron chi connectivity index (χ0n) is 21.8. The molecule has 7 nitrogen and oxygen atoms in total. The lowest BCUT2D eigenvalue weighted by Crippen LogP contribution is -2.60. The van der Waals surface area contributed by atoms with Gasteiger partial charge in [0.15, 0.2) is 0 Å². The molecule has 0 saturated heterocycles. The van der Waals surface area contributed by atoms with Crippen LogP contribution in [0.4, 0.5) is 4.79 Å². The minimum Gasteiger partial charge on any atom is -0.446 e. The van der Waals surface area contributed by atoms with Gasteiger partial charge in [0, 0.05) is 55.4 Å². The smallest absolute Gasteiger partial charge is 0.408 e. The van der Waals surface area contributed by atoms with Crippen LogP contribution in [0, 0.1) is 23.7 Å². The highest BCUT2D eigenvalue weighted by atomic mass is 16.6. The summed E-state index contributed by atoms with van der Waals surface area (Å²) >= 11 is 0. The number of aryl methyl sites for hydroxylation is 1. The number of nitrogens with one attached hydrogen (secondary N) is 3. The number of alkyl carbamates (subject to hydrolysis) is 1. The average molecular weight is 503 g/mol. The second-order valence-electron chi connectivity index (χ2n) is 11.9. The van der Waals surface area contributed by atoms with Crippen LogP contribution in [-0.2, 0) is 29.4 Å². The van der Waals surface area contributed by atoms with Crippen molar-refractivity contribution in [2.75, 3.05) is 6.54 Å². The number of carbonyl (C=O) groups is 2. The van der Waals surface area contributed by atoms with Gasteiger partial charge in [-0.25, -0.2) is 4.79 Å². The van der Waals surface area contributed by atoms with Crippen LogP contribution in [-0.4, -0.2) is 39.7 Å². The monoisotopic (exact) mass is 502 g/mol. The van der Waals surface area contributed by atoms with Crippen LogP contribution in [0.1, 0.15) is 50.3 Å². The quantitative estimate of drug-likeness (QED) is 0.417. The maximum Gasteiger partial charge on any atom is 0.408 e. The Labute approximate surface area is 218 Å². The summed E-state index contributed by atoms with van der Waals surface area (Å²) in [5.74, 6) is 2.37. The van der Waals surface area contributed by atoms with Crippen LogP contribution >= 0.6 is 0 Å². The largest absolute Gasteiger partial charge is 0.446 e. The Kier molecular flexibility index (Phi) is 6.25. The third-order valence-corrected chi connectivity index (χ3v) is 9.20. The summed E-state index contributed by atoms with van der Waals surface area (Å²) in [5, 5.41) is 7.15. The second-order valence-corrected chi connectivity index (χ2v) is 11.9. The van der Waals surface area contributed by atoms with E-state index < -0.39 is 11.6 Å². The van der Waals surface area contributed by atoms with Crippen molar-refractivity contribution in [3.8, 4) is 0 Å². The summed E-state index contributed by atoms with van der Waals surface area (Å²) in [6, 6.07) is 12.1. The summed E-state index contributed by atoms with van der Waals surface area (Å²) in [7, 11) is 2.00. The van der Waals surface area contributed by atoms with Crippen LogP contribution in [0.5, 0.6) is 0 Å². The number of amides is 2. The van der Waals surface area contributed by atoms with E-state index >= 15 is 0 Å². The van der Waals surface area contributed by atoms with E-state index in [9.17, 15) is 9.59 Å². The van der Waals surface area contributed by atoms with Gasteiger partial charge in [0.05, 0.1) is 0 Å². The van der Waals surface area contributed by atoms with Gasteiger partial charge in [-0.3, -0.25) is 4.79 Å². The molecular formula is C30H38N4O3. The Morgan fingerprint density at radius 3 is 2.49 bits per heavy atom. The van der Waals surface area contributed by atoms with E-state index in [1.807, 2.05) is 56.7 Å². The van der Waals surface area contributed by atoms with E-state index in [0.717, 1.165) is 40.4 Å². The Balaban J connectivity index is 1.17. The lowest BCUT2D eigenvalue weighted by molar-refractivity contribution is -0.127. The predicted molar refractivity (Wildman–Crippen MR) is 143 cm³/mol. The molecule has 1 atom stereocenters. The molecule has 3 N–H and O–H groups in total. The van der Waals surface area contributed by atoms with E-state index in [4.69, 9.17) is 4.74 Å². The van der Waals surface area contributed by atoms with Crippen molar-refractivity contribution in [3.63, 3.8) is 0 Å². The number of hydrogen-bond acceptors (Lipinski definition) is 3. The second kappa shape index (κ2) is 9.58. The van der Waals surface area contributed by atoms with Crippen molar-refractivity contribution in [2.24, 2.45) is 30.7 Å². The summed E-state index contributed by atoms with van der Waals surface area (Å²) < 4.78 is 8.17. The van der Waals surface area contributed by atoms with Crippen molar-refractivity contribution in [3.05, 3.63) is 60.0 Å². The first-order chi connectivity index (χ1) is 17.9. The fraction of sp³-hybridized carbons (Fsp3) is 0.533. The minimum absolute atomic E-state index is 0.0226. The number of aromatic amines is 1. The fourth-order valence-corrected chi connectivity index (χ4v) is 7.54. The maximum absolute atomic E-state index is 13.6. The van der Waals surface area contributed by atoms with Crippen LogP contribution in [0.15, 0.2) is 48.8 Å². The van der Waals surface area contributed by atoms with E-state index in [0.29, 0.717) is 24.8 Å². The van der Waals surface area contributed by atoms with E-state index in [1.54, 1.807) is 0 Å².